The molecule has 1 amide bonds. The van der Waals surface area contributed by atoms with Crippen molar-refractivity contribution in [1.29, 1.82) is 0 Å². The first-order chi connectivity index (χ1) is 13.7. The molecule has 28 heavy (non-hydrogen) atoms. The number of aromatic nitrogens is 2. The largest absolute Gasteiger partial charge is 0.378 e. The van der Waals surface area contributed by atoms with Crippen molar-refractivity contribution in [2.45, 2.75) is 18.6 Å². The van der Waals surface area contributed by atoms with Crippen LogP contribution in [0.3, 0.4) is 0 Å². The summed E-state index contributed by atoms with van der Waals surface area (Å²) in [5, 5.41) is 0. The van der Waals surface area contributed by atoms with Crippen molar-refractivity contribution < 1.29 is 9.53 Å². The van der Waals surface area contributed by atoms with Gasteiger partial charge in [0.25, 0.3) is 5.91 Å². The van der Waals surface area contributed by atoms with Gasteiger partial charge in [-0.25, -0.2) is 4.98 Å². The molecule has 1 aromatic heterocycles. The Labute approximate surface area is 164 Å². The van der Waals surface area contributed by atoms with E-state index in [0.717, 1.165) is 23.4 Å². The molecule has 0 unspecified atom stereocenters. The first kappa shape index (κ1) is 18.4. The summed E-state index contributed by atoms with van der Waals surface area (Å²) in [5.41, 5.74) is 9.61. The summed E-state index contributed by atoms with van der Waals surface area (Å²) >= 11 is 0. The van der Waals surface area contributed by atoms with Gasteiger partial charge in [0, 0.05) is 49.3 Å². The van der Waals surface area contributed by atoms with E-state index in [0.29, 0.717) is 18.7 Å². The lowest BCUT2D eigenvalue weighted by molar-refractivity contribution is 0.0162. The Morgan fingerprint density at radius 3 is 2.61 bits per heavy atom. The maximum atomic E-state index is 12.8. The van der Waals surface area contributed by atoms with Crippen LogP contribution < -0.4 is 5.73 Å². The van der Waals surface area contributed by atoms with Gasteiger partial charge in [-0.2, -0.15) is 0 Å². The number of methoxy groups -OCH3 is 1. The average molecular weight is 376 g/mol. The highest BCUT2D eigenvalue weighted by Crippen LogP contribution is 2.21. The first-order valence-electron chi connectivity index (χ1n) is 9.43. The van der Waals surface area contributed by atoms with Crippen LogP contribution in [-0.4, -0.2) is 52.7 Å². The predicted octanol–water partition coefficient (Wildman–Crippen LogP) is 2.73. The lowest BCUT2D eigenvalue weighted by Gasteiger charge is -2.36. The Morgan fingerprint density at radius 2 is 1.89 bits per heavy atom. The minimum atomic E-state index is -0.112. The van der Waals surface area contributed by atoms with E-state index in [1.165, 1.54) is 0 Å². The summed E-state index contributed by atoms with van der Waals surface area (Å²) in [5.74, 6) is 0.00955. The number of hydrogen-bond donors (Lipinski definition) is 1. The Kier molecular flexibility index (Phi) is 5.23. The fourth-order valence-corrected chi connectivity index (χ4v) is 3.55. The monoisotopic (exact) mass is 376 g/mol. The number of amides is 1. The lowest BCUT2D eigenvalue weighted by Crippen LogP contribution is -2.53. The van der Waals surface area contributed by atoms with Crippen LogP contribution in [0.1, 0.15) is 16.8 Å². The quantitative estimate of drug-likeness (QED) is 0.760. The van der Waals surface area contributed by atoms with Crippen LogP contribution in [0.5, 0.6) is 0 Å². The number of para-hydroxylation sites is 1. The fourth-order valence-electron chi connectivity index (χ4n) is 3.55. The van der Waals surface area contributed by atoms with Gasteiger partial charge in [0.15, 0.2) is 0 Å². The van der Waals surface area contributed by atoms with Crippen molar-refractivity contribution in [2.24, 2.45) is 5.73 Å². The normalized spacial score (nSPS) is 19.6. The van der Waals surface area contributed by atoms with E-state index in [1.807, 2.05) is 70.3 Å². The molecule has 0 radical (unpaired) electrons. The summed E-state index contributed by atoms with van der Waals surface area (Å²) in [4.78, 5) is 19.1. The van der Waals surface area contributed by atoms with Crippen LogP contribution in [0.2, 0.25) is 0 Å². The number of nitrogens with zero attached hydrogens (tertiary/aromatic N) is 3. The van der Waals surface area contributed by atoms with Crippen molar-refractivity contribution in [2.75, 3.05) is 20.2 Å². The van der Waals surface area contributed by atoms with Crippen molar-refractivity contribution in [1.82, 2.24) is 14.5 Å². The van der Waals surface area contributed by atoms with Crippen LogP contribution in [-0.2, 0) is 4.74 Å². The van der Waals surface area contributed by atoms with Gasteiger partial charge in [0.05, 0.1) is 18.1 Å². The molecule has 2 N–H and O–H groups in total. The third-order valence-corrected chi connectivity index (χ3v) is 5.26. The highest BCUT2D eigenvalue weighted by Gasteiger charge is 2.29. The van der Waals surface area contributed by atoms with E-state index in [2.05, 4.69) is 4.98 Å². The van der Waals surface area contributed by atoms with E-state index in [9.17, 15) is 4.79 Å². The van der Waals surface area contributed by atoms with Crippen molar-refractivity contribution in [3.05, 3.63) is 72.7 Å². The number of hydrogen-bond acceptors (Lipinski definition) is 4. The predicted molar refractivity (Wildman–Crippen MR) is 108 cm³/mol. The zero-order valence-corrected chi connectivity index (χ0v) is 15.9. The second kappa shape index (κ2) is 7.96. The molecular weight excluding hydrogens is 352 g/mol. The summed E-state index contributed by atoms with van der Waals surface area (Å²) in [6.07, 6.45) is 4.42. The molecule has 3 aromatic rings. The SMILES string of the molecule is CO[C@@H]1CN(C(=O)c2ccc(-c3cn(-c4ccccc4)cn3)cc2)CC[C@@H]1N. The van der Waals surface area contributed by atoms with Gasteiger partial charge in [0.2, 0.25) is 0 Å². The van der Waals surface area contributed by atoms with Crippen LogP contribution >= 0.6 is 0 Å². The molecule has 4 rings (SSSR count). The highest BCUT2D eigenvalue weighted by molar-refractivity contribution is 5.94. The topological polar surface area (TPSA) is 73.4 Å². The molecule has 1 fully saturated rings. The van der Waals surface area contributed by atoms with Gasteiger partial charge < -0.3 is 19.9 Å². The molecule has 0 spiro atoms. The molecule has 2 atom stereocenters. The Bertz CT molecular complexity index is 937. The maximum Gasteiger partial charge on any atom is 0.253 e. The molecule has 0 saturated carbocycles. The molecule has 1 aliphatic rings. The van der Waals surface area contributed by atoms with E-state index in [4.69, 9.17) is 10.5 Å². The Morgan fingerprint density at radius 1 is 1.14 bits per heavy atom. The van der Waals surface area contributed by atoms with Crippen LogP contribution in [0.25, 0.3) is 16.9 Å². The zero-order valence-electron chi connectivity index (χ0n) is 15.9. The molecule has 1 saturated heterocycles. The van der Waals surface area contributed by atoms with Crippen molar-refractivity contribution in [3.8, 4) is 16.9 Å². The molecule has 2 heterocycles. The van der Waals surface area contributed by atoms with Gasteiger partial charge in [0.1, 0.15) is 0 Å². The number of piperidine rings is 1. The number of imidazole rings is 1. The van der Waals surface area contributed by atoms with E-state index in [1.54, 1.807) is 13.4 Å². The van der Waals surface area contributed by atoms with Crippen LogP contribution in [0.15, 0.2) is 67.1 Å². The zero-order chi connectivity index (χ0) is 19.5. The molecule has 6 heteroatoms. The van der Waals surface area contributed by atoms with Crippen molar-refractivity contribution in [3.63, 3.8) is 0 Å². The lowest BCUT2D eigenvalue weighted by atomic mass is 10.0. The number of ether oxygens (including phenoxy) is 1. The Hall–Kier alpha value is -2.96. The molecule has 0 bridgehead atoms. The van der Waals surface area contributed by atoms with Gasteiger partial charge in [-0.15, -0.1) is 0 Å². The number of benzene rings is 2. The summed E-state index contributed by atoms with van der Waals surface area (Å²) in [6, 6.07) is 17.6. The molecule has 2 aromatic carbocycles. The molecular formula is C22H24N4O2. The van der Waals surface area contributed by atoms with Gasteiger partial charge >= 0.3 is 0 Å². The second-order valence-electron chi connectivity index (χ2n) is 7.06. The Balaban J connectivity index is 1.48. The smallest absolute Gasteiger partial charge is 0.253 e. The molecule has 0 aliphatic carbocycles. The molecule has 6 nitrogen and oxygen atoms in total. The number of carbonyl (C=O) groups excluding carboxylic acids is 1. The van der Waals surface area contributed by atoms with Crippen LogP contribution in [0.4, 0.5) is 0 Å². The minimum absolute atomic E-state index is 0.00955. The summed E-state index contributed by atoms with van der Waals surface area (Å²) < 4.78 is 7.39. The number of rotatable bonds is 4. The van der Waals surface area contributed by atoms with E-state index < -0.39 is 0 Å². The van der Waals surface area contributed by atoms with Crippen molar-refractivity contribution >= 4 is 5.91 Å². The highest BCUT2D eigenvalue weighted by atomic mass is 16.5. The van der Waals surface area contributed by atoms with Gasteiger partial charge in [-0.05, 0) is 30.7 Å². The van der Waals surface area contributed by atoms with Gasteiger partial charge in [-0.3, -0.25) is 4.79 Å². The maximum absolute atomic E-state index is 12.8. The molecule has 1 aliphatic heterocycles. The standard InChI is InChI=1S/C22H24N4O2/c1-28-21-14-25(12-11-19(21)23)22(27)17-9-7-16(8-10-17)20-13-26(15-24-20)18-5-3-2-4-6-18/h2-10,13,15,19,21H,11-12,14,23H2,1H3/t19-,21+/m0/s1. The first-order valence-corrected chi connectivity index (χ1v) is 9.43. The van der Waals surface area contributed by atoms with Crippen LogP contribution in [0, 0.1) is 0 Å². The van der Waals surface area contributed by atoms with E-state index in [-0.39, 0.29) is 18.1 Å². The second-order valence-corrected chi connectivity index (χ2v) is 7.06. The third kappa shape index (κ3) is 3.69. The number of likely N-dealkylation sites (tertiary alicyclic amines) is 1. The third-order valence-electron chi connectivity index (χ3n) is 5.26. The number of carbonyl (C=O) groups is 1. The minimum Gasteiger partial charge on any atom is -0.378 e. The average Bonchev–Trinajstić information content (AvgIpc) is 3.25. The van der Waals surface area contributed by atoms with Gasteiger partial charge in [-0.1, -0.05) is 30.3 Å². The number of nitrogens with two attached hydrogens (primary N) is 1. The van der Waals surface area contributed by atoms with E-state index >= 15 is 0 Å². The molecule has 144 valence electrons. The summed E-state index contributed by atoms with van der Waals surface area (Å²) in [6.45, 7) is 1.18. The summed E-state index contributed by atoms with van der Waals surface area (Å²) in [7, 11) is 1.64. The fraction of sp³-hybridized carbons (Fsp3) is 0.273.